The van der Waals surface area contributed by atoms with Gasteiger partial charge in [-0.25, -0.2) is 9.78 Å². The highest BCUT2D eigenvalue weighted by atomic mass is 16.3. The summed E-state index contributed by atoms with van der Waals surface area (Å²) in [5.74, 6) is 0.971. The minimum absolute atomic E-state index is 0.163. The number of rotatable bonds is 2. The van der Waals surface area contributed by atoms with E-state index in [1.807, 2.05) is 12.1 Å². The van der Waals surface area contributed by atoms with E-state index in [0.717, 1.165) is 31.7 Å². The lowest BCUT2D eigenvalue weighted by molar-refractivity contribution is 0.0883. The van der Waals surface area contributed by atoms with Gasteiger partial charge >= 0.3 is 6.03 Å². The zero-order valence-electron chi connectivity index (χ0n) is 12.2. The fourth-order valence-corrected chi connectivity index (χ4v) is 2.94. The first kappa shape index (κ1) is 14.1. The fourth-order valence-electron chi connectivity index (χ4n) is 2.94. The van der Waals surface area contributed by atoms with E-state index in [2.05, 4.69) is 15.2 Å². The number of aliphatic hydroxyl groups excluding tert-OH is 1. The zero-order valence-corrected chi connectivity index (χ0v) is 12.2. The van der Waals surface area contributed by atoms with Crippen LogP contribution >= 0.6 is 0 Å². The summed E-state index contributed by atoms with van der Waals surface area (Å²) in [5.41, 5.74) is 0.697. The molecule has 1 aromatic heterocycles. The fraction of sp³-hybridized carbons (Fsp3) is 0.600. The molecular formula is C15H22N4O2. The number of hydrogen-bond acceptors (Lipinski definition) is 4. The molecule has 1 atom stereocenters. The van der Waals surface area contributed by atoms with E-state index in [0.29, 0.717) is 18.8 Å². The number of piperidine rings is 1. The molecule has 0 aliphatic carbocycles. The van der Waals surface area contributed by atoms with Crippen molar-refractivity contribution in [2.45, 2.75) is 31.8 Å². The van der Waals surface area contributed by atoms with Crippen LogP contribution in [0.5, 0.6) is 0 Å². The van der Waals surface area contributed by atoms with Gasteiger partial charge in [0, 0.05) is 26.2 Å². The van der Waals surface area contributed by atoms with Crippen molar-refractivity contribution in [2.24, 2.45) is 0 Å². The Labute approximate surface area is 124 Å². The SMILES string of the molecule is O=C(Nc1ccc(N2CCCC2)nc1)N1CCC[C@H](O)C1. The molecular weight excluding hydrogens is 268 g/mol. The lowest BCUT2D eigenvalue weighted by Crippen LogP contribution is -2.44. The summed E-state index contributed by atoms with van der Waals surface area (Å²) < 4.78 is 0. The molecule has 0 saturated carbocycles. The van der Waals surface area contributed by atoms with Crippen LogP contribution in [0.15, 0.2) is 18.3 Å². The number of aliphatic hydroxyl groups is 1. The van der Waals surface area contributed by atoms with Gasteiger partial charge in [-0.2, -0.15) is 0 Å². The zero-order chi connectivity index (χ0) is 14.7. The van der Waals surface area contributed by atoms with E-state index in [9.17, 15) is 9.90 Å². The summed E-state index contributed by atoms with van der Waals surface area (Å²) in [4.78, 5) is 20.4. The second-order valence-electron chi connectivity index (χ2n) is 5.77. The van der Waals surface area contributed by atoms with Gasteiger partial charge in [-0.15, -0.1) is 0 Å². The first-order valence-electron chi connectivity index (χ1n) is 7.67. The Balaban J connectivity index is 1.58. The van der Waals surface area contributed by atoms with Gasteiger partial charge in [-0.05, 0) is 37.8 Å². The van der Waals surface area contributed by atoms with Gasteiger partial charge < -0.3 is 20.2 Å². The van der Waals surface area contributed by atoms with E-state index < -0.39 is 6.10 Å². The minimum atomic E-state index is -0.403. The molecule has 6 heteroatoms. The molecule has 21 heavy (non-hydrogen) atoms. The van der Waals surface area contributed by atoms with Gasteiger partial charge in [-0.3, -0.25) is 0 Å². The lowest BCUT2D eigenvalue weighted by atomic mass is 10.1. The predicted molar refractivity (Wildman–Crippen MR) is 81.5 cm³/mol. The van der Waals surface area contributed by atoms with Crippen molar-refractivity contribution in [3.05, 3.63) is 18.3 Å². The van der Waals surface area contributed by atoms with Crippen molar-refractivity contribution >= 4 is 17.5 Å². The predicted octanol–water partition coefficient (Wildman–Crippen LogP) is 1.67. The maximum Gasteiger partial charge on any atom is 0.321 e. The number of carbonyl (C=O) groups is 1. The lowest BCUT2D eigenvalue weighted by Gasteiger charge is -2.30. The molecule has 0 radical (unpaired) electrons. The molecule has 3 heterocycles. The molecule has 114 valence electrons. The molecule has 6 nitrogen and oxygen atoms in total. The van der Waals surface area contributed by atoms with Gasteiger partial charge in [0.25, 0.3) is 0 Å². The number of nitrogens with one attached hydrogen (secondary N) is 1. The van der Waals surface area contributed by atoms with Crippen LogP contribution in [0.4, 0.5) is 16.3 Å². The molecule has 2 saturated heterocycles. The molecule has 1 aromatic rings. The van der Waals surface area contributed by atoms with E-state index in [1.54, 1.807) is 11.1 Å². The summed E-state index contributed by atoms with van der Waals surface area (Å²) in [7, 11) is 0. The van der Waals surface area contributed by atoms with Crippen molar-refractivity contribution in [2.75, 3.05) is 36.4 Å². The number of carbonyl (C=O) groups excluding carboxylic acids is 1. The molecule has 0 spiro atoms. The number of likely N-dealkylation sites (tertiary alicyclic amines) is 1. The summed E-state index contributed by atoms with van der Waals surface area (Å²) in [5, 5.41) is 12.5. The normalized spacial score (nSPS) is 22.4. The number of β-amino-alcohol motifs (C(OH)–C–C–N with tert-alkyl or cyclic N) is 1. The summed E-state index contributed by atoms with van der Waals surface area (Å²) in [6.45, 7) is 3.22. The van der Waals surface area contributed by atoms with Crippen LogP contribution in [-0.4, -0.2) is 53.3 Å². The largest absolute Gasteiger partial charge is 0.391 e. The Morgan fingerprint density at radius 3 is 2.71 bits per heavy atom. The third-order valence-electron chi connectivity index (χ3n) is 4.11. The average molecular weight is 290 g/mol. The third kappa shape index (κ3) is 3.44. The Bertz CT molecular complexity index is 485. The van der Waals surface area contributed by atoms with Crippen molar-refractivity contribution < 1.29 is 9.90 Å². The van der Waals surface area contributed by atoms with E-state index in [1.165, 1.54) is 12.8 Å². The molecule has 0 unspecified atom stereocenters. The number of urea groups is 1. The Kier molecular flexibility index (Phi) is 4.24. The number of aromatic nitrogens is 1. The van der Waals surface area contributed by atoms with Crippen LogP contribution < -0.4 is 10.2 Å². The molecule has 2 aliphatic rings. The molecule has 2 amide bonds. The molecule has 0 aromatic carbocycles. The number of amides is 2. The molecule has 3 rings (SSSR count). The van der Waals surface area contributed by atoms with Crippen LogP contribution in [0.1, 0.15) is 25.7 Å². The number of anilines is 2. The van der Waals surface area contributed by atoms with Crippen molar-refractivity contribution in [1.82, 2.24) is 9.88 Å². The van der Waals surface area contributed by atoms with Gasteiger partial charge in [0.1, 0.15) is 5.82 Å². The van der Waals surface area contributed by atoms with Crippen molar-refractivity contribution in [3.8, 4) is 0 Å². The first-order chi connectivity index (χ1) is 10.2. The Morgan fingerprint density at radius 2 is 2.05 bits per heavy atom. The first-order valence-corrected chi connectivity index (χ1v) is 7.67. The highest BCUT2D eigenvalue weighted by Gasteiger charge is 2.22. The van der Waals surface area contributed by atoms with E-state index >= 15 is 0 Å². The van der Waals surface area contributed by atoms with Crippen LogP contribution in [0.25, 0.3) is 0 Å². The Hall–Kier alpha value is -1.82. The number of hydrogen-bond donors (Lipinski definition) is 2. The molecule has 2 aliphatic heterocycles. The van der Waals surface area contributed by atoms with Gasteiger partial charge in [-0.1, -0.05) is 0 Å². The molecule has 2 N–H and O–H groups in total. The number of pyridine rings is 1. The third-order valence-corrected chi connectivity index (χ3v) is 4.11. The second kappa shape index (κ2) is 6.30. The summed E-state index contributed by atoms with van der Waals surface area (Å²) in [6.07, 6.45) is 5.36. The molecule has 2 fully saturated rings. The summed E-state index contributed by atoms with van der Waals surface area (Å²) >= 11 is 0. The quantitative estimate of drug-likeness (QED) is 0.869. The Morgan fingerprint density at radius 1 is 1.24 bits per heavy atom. The maximum absolute atomic E-state index is 12.1. The number of nitrogens with zero attached hydrogens (tertiary/aromatic N) is 3. The van der Waals surface area contributed by atoms with Crippen molar-refractivity contribution in [1.29, 1.82) is 0 Å². The van der Waals surface area contributed by atoms with Crippen LogP contribution in [0, 0.1) is 0 Å². The van der Waals surface area contributed by atoms with Gasteiger partial charge in [0.15, 0.2) is 0 Å². The maximum atomic E-state index is 12.1. The summed E-state index contributed by atoms with van der Waals surface area (Å²) in [6, 6.07) is 3.68. The van der Waals surface area contributed by atoms with E-state index in [4.69, 9.17) is 0 Å². The highest BCUT2D eigenvalue weighted by Crippen LogP contribution is 2.19. The van der Waals surface area contributed by atoms with Crippen molar-refractivity contribution in [3.63, 3.8) is 0 Å². The van der Waals surface area contributed by atoms with Gasteiger partial charge in [0.2, 0.25) is 0 Å². The minimum Gasteiger partial charge on any atom is -0.391 e. The average Bonchev–Trinajstić information content (AvgIpc) is 3.02. The van der Waals surface area contributed by atoms with Gasteiger partial charge in [0.05, 0.1) is 18.0 Å². The van der Waals surface area contributed by atoms with Crippen LogP contribution in [0.2, 0.25) is 0 Å². The smallest absolute Gasteiger partial charge is 0.321 e. The second-order valence-corrected chi connectivity index (χ2v) is 5.77. The topological polar surface area (TPSA) is 68.7 Å². The monoisotopic (exact) mass is 290 g/mol. The van der Waals surface area contributed by atoms with E-state index in [-0.39, 0.29) is 6.03 Å². The van der Waals surface area contributed by atoms with Crippen LogP contribution in [-0.2, 0) is 0 Å². The standard InChI is InChI=1S/C15H22N4O2/c20-13-4-3-9-19(11-13)15(21)17-12-5-6-14(16-10-12)18-7-1-2-8-18/h5-6,10,13,20H,1-4,7-9,11H2,(H,17,21)/t13-/m0/s1. The highest BCUT2D eigenvalue weighted by molar-refractivity contribution is 5.89. The van der Waals surface area contributed by atoms with Crippen LogP contribution in [0.3, 0.4) is 0 Å². The molecule has 0 bridgehead atoms.